The molecule has 0 aliphatic carbocycles. The van der Waals surface area contributed by atoms with Gasteiger partial charge in [0.2, 0.25) is 0 Å². The van der Waals surface area contributed by atoms with Crippen LogP contribution in [-0.2, 0) is 0 Å². The molecular formula is C22H21N. The molecule has 3 aromatic carbocycles. The van der Waals surface area contributed by atoms with E-state index in [2.05, 4.69) is 73.7 Å². The summed E-state index contributed by atoms with van der Waals surface area (Å²) in [5.41, 5.74) is 12.3. The van der Waals surface area contributed by atoms with Gasteiger partial charge in [-0.05, 0) is 34.8 Å². The number of hydrogen-bond donors (Lipinski definition) is 1. The first-order chi connectivity index (χ1) is 11.2. The van der Waals surface area contributed by atoms with E-state index >= 15 is 0 Å². The molecule has 114 valence electrons. The Hall–Kier alpha value is -2.64. The average Bonchev–Trinajstić information content (AvgIpc) is 2.63. The van der Waals surface area contributed by atoms with Gasteiger partial charge in [0.1, 0.15) is 0 Å². The maximum Gasteiger partial charge on any atom is 0.0486 e. The van der Waals surface area contributed by atoms with Crippen molar-refractivity contribution in [1.82, 2.24) is 0 Å². The zero-order chi connectivity index (χ0) is 16.1. The van der Waals surface area contributed by atoms with Gasteiger partial charge in [-0.2, -0.15) is 0 Å². The molecule has 23 heavy (non-hydrogen) atoms. The van der Waals surface area contributed by atoms with Gasteiger partial charge in [-0.1, -0.05) is 91.0 Å². The molecule has 0 aliphatic heterocycles. The molecular weight excluding hydrogens is 278 g/mol. The van der Waals surface area contributed by atoms with Crippen molar-refractivity contribution in [3.05, 3.63) is 102 Å². The summed E-state index contributed by atoms with van der Waals surface area (Å²) in [4.78, 5) is 0. The fourth-order valence-corrected chi connectivity index (χ4v) is 2.69. The summed E-state index contributed by atoms with van der Waals surface area (Å²) < 4.78 is 0. The number of nitrogens with two attached hydrogens (primary N) is 1. The van der Waals surface area contributed by atoms with Crippen LogP contribution in [0.1, 0.15) is 24.1 Å². The Bertz CT molecular complexity index is 771. The summed E-state index contributed by atoms with van der Waals surface area (Å²) in [6.07, 6.45) is 2.12. The molecule has 0 amide bonds. The third kappa shape index (κ3) is 3.77. The molecule has 1 nitrogen and oxygen atoms in total. The Kier molecular flexibility index (Phi) is 4.70. The number of hydrogen-bond acceptors (Lipinski definition) is 1. The first-order valence-electron chi connectivity index (χ1n) is 7.89. The minimum absolute atomic E-state index is 0.0972. The van der Waals surface area contributed by atoms with Crippen LogP contribution in [0.4, 0.5) is 0 Å². The van der Waals surface area contributed by atoms with E-state index in [0.29, 0.717) is 0 Å². The number of rotatable bonds is 4. The molecule has 0 spiro atoms. The molecule has 3 aromatic rings. The van der Waals surface area contributed by atoms with Gasteiger partial charge in [-0.15, -0.1) is 0 Å². The lowest BCUT2D eigenvalue weighted by Gasteiger charge is -2.11. The highest BCUT2D eigenvalue weighted by Gasteiger charge is 2.05. The van der Waals surface area contributed by atoms with Crippen LogP contribution in [0.25, 0.3) is 16.7 Å². The molecule has 0 aromatic heterocycles. The van der Waals surface area contributed by atoms with Gasteiger partial charge < -0.3 is 5.73 Å². The zero-order valence-corrected chi connectivity index (χ0v) is 13.3. The fourth-order valence-electron chi connectivity index (χ4n) is 2.69. The second kappa shape index (κ2) is 7.08. The molecule has 0 bridgehead atoms. The smallest absolute Gasteiger partial charge is 0.0486 e. The van der Waals surface area contributed by atoms with E-state index in [4.69, 9.17) is 5.73 Å². The van der Waals surface area contributed by atoms with Crippen LogP contribution >= 0.6 is 0 Å². The van der Waals surface area contributed by atoms with Crippen LogP contribution in [0.3, 0.4) is 0 Å². The Morgan fingerprint density at radius 3 is 1.87 bits per heavy atom. The average molecular weight is 299 g/mol. The first kappa shape index (κ1) is 15.3. The monoisotopic (exact) mass is 299 g/mol. The van der Waals surface area contributed by atoms with Crippen molar-refractivity contribution in [1.29, 1.82) is 0 Å². The van der Waals surface area contributed by atoms with Gasteiger partial charge >= 0.3 is 0 Å². The maximum absolute atomic E-state index is 6.35. The van der Waals surface area contributed by atoms with Gasteiger partial charge in [0.25, 0.3) is 0 Å². The molecule has 0 saturated carbocycles. The van der Waals surface area contributed by atoms with Gasteiger partial charge in [0.05, 0.1) is 0 Å². The van der Waals surface area contributed by atoms with Gasteiger partial charge in [0, 0.05) is 6.04 Å². The SMILES string of the molecule is C/C(=C\C(N)c1ccc(-c2ccccc2)cc1)c1ccccc1. The lowest BCUT2D eigenvalue weighted by Crippen LogP contribution is -2.07. The van der Waals surface area contributed by atoms with Crippen molar-refractivity contribution >= 4 is 5.57 Å². The highest BCUT2D eigenvalue weighted by molar-refractivity contribution is 5.66. The topological polar surface area (TPSA) is 26.0 Å². The van der Waals surface area contributed by atoms with Crippen molar-refractivity contribution < 1.29 is 0 Å². The summed E-state index contributed by atoms with van der Waals surface area (Å²) in [5, 5.41) is 0. The largest absolute Gasteiger partial charge is 0.321 e. The molecule has 2 N–H and O–H groups in total. The summed E-state index contributed by atoms with van der Waals surface area (Å²) in [6, 6.07) is 29.1. The van der Waals surface area contributed by atoms with E-state index in [9.17, 15) is 0 Å². The minimum Gasteiger partial charge on any atom is -0.321 e. The normalized spacial score (nSPS) is 12.9. The van der Waals surface area contributed by atoms with Gasteiger partial charge in [0.15, 0.2) is 0 Å². The summed E-state index contributed by atoms with van der Waals surface area (Å²) in [5.74, 6) is 0. The molecule has 1 unspecified atom stereocenters. The van der Waals surface area contributed by atoms with E-state index in [1.54, 1.807) is 0 Å². The van der Waals surface area contributed by atoms with Crippen molar-refractivity contribution in [2.75, 3.05) is 0 Å². The number of allylic oxidation sites excluding steroid dienone is 1. The Labute approximate surface area is 138 Å². The van der Waals surface area contributed by atoms with Crippen LogP contribution in [0.2, 0.25) is 0 Å². The van der Waals surface area contributed by atoms with Crippen LogP contribution in [0, 0.1) is 0 Å². The Balaban J connectivity index is 1.79. The summed E-state index contributed by atoms with van der Waals surface area (Å²) >= 11 is 0. The van der Waals surface area contributed by atoms with E-state index in [0.717, 1.165) is 5.56 Å². The van der Waals surface area contributed by atoms with Crippen LogP contribution < -0.4 is 5.73 Å². The van der Waals surface area contributed by atoms with Crippen LogP contribution in [0.15, 0.2) is 91.0 Å². The van der Waals surface area contributed by atoms with Crippen molar-refractivity contribution in [2.45, 2.75) is 13.0 Å². The molecule has 0 aliphatic rings. The van der Waals surface area contributed by atoms with Crippen molar-refractivity contribution in [3.8, 4) is 11.1 Å². The third-order valence-corrected chi connectivity index (χ3v) is 4.06. The van der Waals surface area contributed by atoms with E-state index in [-0.39, 0.29) is 6.04 Å². The zero-order valence-electron chi connectivity index (χ0n) is 13.3. The summed E-state index contributed by atoms with van der Waals surface area (Å²) in [7, 11) is 0. The molecule has 0 fully saturated rings. The predicted molar refractivity (Wildman–Crippen MR) is 98.9 cm³/mol. The Morgan fingerprint density at radius 2 is 1.26 bits per heavy atom. The Morgan fingerprint density at radius 1 is 0.739 bits per heavy atom. The molecule has 1 heteroatoms. The molecule has 0 saturated heterocycles. The van der Waals surface area contributed by atoms with Gasteiger partial charge in [-0.3, -0.25) is 0 Å². The van der Waals surface area contributed by atoms with Crippen molar-refractivity contribution in [3.63, 3.8) is 0 Å². The highest BCUT2D eigenvalue weighted by atomic mass is 14.6. The third-order valence-electron chi connectivity index (χ3n) is 4.06. The van der Waals surface area contributed by atoms with E-state index < -0.39 is 0 Å². The lowest BCUT2D eigenvalue weighted by atomic mass is 9.98. The predicted octanol–water partition coefficient (Wildman–Crippen LogP) is 5.46. The second-order valence-corrected chi connectivity index (χ2v) is 5.73. The standard InChI is InChI=1S/C22H21N/c1-17(18-8-4-2-5-9-18)16-22(23)21-14-12-20(13-15-21)19-10-6-3-7-11-19/h2-16,22H,23H2,1H3/b17-16+. The quantitative estimate of drug-likeness (QED) is 0.680. The van der Waals surface area contributed by atoms with Crippen LogP contribution in [-0.4, -0.2) is 0 Å². The highest BCUT2D eigenvalue weighted by Crippen LogP contribution is 2.23. The molecule has 0 radical (unpaired) electrons. The van der Waals surface area contributed by atoms with Crippen molar-refractivity contribution in [2.24, 2.45) is 5.73 Å². The van der Waals surface area contributed by atoms with Gasteiger partial charge in [-0.25, -0.2) is 0 Å². The second-order valence-electron chi connectivity index (χ2n) is 5.73. The molecule has 1 atom stereocenters. The van der Waals surface area contributed by atoms with E-state index in [1.807, 2.05) is 24.3 Å². The maximum atomic E-state index is 6.35. The summed E-state index contributed by atoms with van der Waals surface area (Å²) in [6.45, 7) is 2.10. The lowest BCUT2D eigenvalue weighted by molar-refractivity contribution is 0.912. The van der Waals surface area contributed by atoms with Crippen LogP contribution in [0.5, 0.6) is 0 Å². The number of benzene rings is 3. The minimum atomic E-state index is -0.0972. The molecule has 0 heterocycles. The molecule has 3 rings (SSSR count). The fraction of sp³-hybridized carbons (Fsp3) is 0.0909. The first-order valence-corrected chi connectivity index (χ1v) is 7.89. The van der Waals surface area contributed by atoms with E-state index in [1.165, 1.54) is 22.3 Å².